The summed E-state index contributed by atoms with van der Waals surface area (Å²) >= 11 is 0. The smallest absolute Gasteiger partial charge is 0.225 e. The van der Waals surface area contributed by atoms with Gasteiger partial charge in [0, 0.05) is 31.2 Å². The van der Waals surface area contributed by atoms with Crippen LogP contribution in [-0.4, -0.2) is 90.6 Å². The van der Waals surface area contributed by atoms with Gasteiger partial charge in [0.25, 0.3) is 0 Å². The first-order valence-electron chi connectivity index (χ1n) is 14.0. The molecule has 2 saturated heterocycles. The molecule has 5 heterocycles. The first kappa shape index (κ1) is 24.8. The highest BCUT2D eigenvalue weighted by Crippen LogP contribution is 2.33. The Labute approximate surface area is 219 Å². The molecule has 6 atom stereocenters. The van der Waals surface area contributed by atoms with Gasteiger partial charge in [0.05, 0.1) is 36.8 Å². The first-order chi connectivity index (χ1) is 17.9. The molecule has 11 heteroatoms. The van der Waals surface area contributed by atoms with Crippen molar-refractivity contribution < 1.29 is 14.3 Å². The lowest BCUT2D eigenvalue weighted by Crippen LogP contribution is -2.67. The van der Waals surface area contributed by atoms with Crippen LogP contribution in [-0.2, 0) is 14.3 Å². The van der Waals surface area contributed by atoms with Crippen molar-refractivity contribution in [3.8, 4) is 0 Å². The molecule has 11 nitrogen and oxygen atoms in total. The van der Waals surface area contributed by atoms with Crippen molar-refractivity contribution in [1.82, 2.24) is 41.3 Å². The Morgan fingerprint density at radius 2 is 2.00 bits per heavy atom. The molecule has 0 aromatic rings. The highest BCUT2D eigenvalue weighted by Gasteiger charge is 2.46. The molecule has 0 aromatic carbocycles. The van der Waals surface area contributed by atoms with E-state index in [0.717, 1.165) is 57.1 Å². The number of amides is 1. The number of carbonyl (C=O) groups excluding carboxylic acids is 1. The summed E-state index contributed by atoms with van der Waals surface area (Å²) in [6, 6.07) is 0.0643. The van der Waals surface area contributed by atoms with Crippen LogP contribution in [0.4, 0.5) is 0 Å². The van der Waals surface area contributed by atoms with E-state index >= 15 is 0 Å². The van der Waals surface area contributed by atoms with Crippen molar-refractivity contribution in [2.45, 2.75) is 84.1 Å². The molecule has 5 aliphatic heterocycles. The van der Waals surface area contributed by atoms with Gasteiger partial charge in [-0.1, -0.05) is 26.8 Å². The predicted molar refractivity (Wildman–Crippen MR) is 139 cm³/mol. The lowest BCUT2D eigenvalue weighted by atomic mass is 9.98. The van der Waals surface area contributed by atoms with Crippen LogP contribution in [0.3, 0.4) is 0 Å². The minimum atomic E-state index is -0.353. The Bertz CT molecular complexity index is 990. The number of nitrogens with zero attached hydrogens (tertiary/aromatic N) is 3. The van der Waals surface area contributed by atoms with E-state index in [1.807, 2.05) is 18.7 Å². The first-order valence-corrected chi connectivity index (χ1v) is 14.0. The third-order valence-corrected chi connectivity index (χ3v) is 8.37. The lowest BCUT2D eigenvalue weighted by Gasteiger charge is -2.47. The van der Waals surface area contributed by atoms with E-state index in [4.69, 9.17) is 9.47 Å². The fraction of sp³-hybridized carbons (Fsp3) is 0.731. The number of rotatable bonds is 6. The lowest BCUT2D eigenvalue weighted by molar-refractivity contribution is -0.169. The molecule has 5 N–H and O–H groups in total. The van der Waals surface area contributed by atoms with Gasteiger partial charge in [-0.3, -0.25) is 15.0 Å². The van der Waals surface area contributed by atoms with Crippen LogP contribution in [0.1, 0.15) is 47.0 Å². The average molecular weight is 515 g/mol. The minimum Gasteiger partial charge on any atom is -0.379 e. The van der Waals surface area contributed by atoms with Crippen LogP contribution >= 0.6 is 0 Å². The number of morpholine rings is 1. The zero-order valence-electron chi connectivity index (χ0n) is 22.4. The summed E-state index contributed by atoms with van der Waals surface area (Å²) in [6.07, 6.45) is 7.44. The number of nitrogens with one attached hydrogen (secondary N) is 5. The summed E-state index contributed by atoms with van der Waals surface area (Å²) < 4.78 is 12.1. The van der Waals surface area contributed by atoms with Crippen LogP contribution in [0.5, 0.6) is 0 Å². The number of likely N-dealkylation sites (tertiary alicyclic amines) is 1. The number of hydrogen-bond donors (Lipinski definition) is 5. The van der Waals surface area contributed by atoms with Crippen molar-refractivity contribution in [3.05, 3.63) is 35.1 Å². The summed E-state index contributed by atoms with van der Waals surface area (Å²) in [7, 11) is 0. The van der Waals surface area contributed by atoms with Gasteiger partial charge >= 0.3 is 0 Å². The molecule has 1 aliphatic carbocycles. The zero-order valence-corrected chi connectivity index (χ0v) is 22.4. The molecule has 0 aromatic heterocycles. The van der Waals surface area contributed by atoms with E-state index in [1.54, 1.807) is 0 Å². The SMILES string of the molecule is CCC1NC2=C(C=CCC2)N1C1NC2=C(NC(OC3CN(C(=O)C(C)C)C3C)N2)C(N2CCOCC2)N1. The van der Waals surface area contributed by atoms with Gasteiger partial charge in [-0.15, -0.1) is 0 Å². The van der Waals surface area contributed by atoms with E-state index in [-0.39, 0.29) is 48.9 Å². The molecule has 6 aliphatic rings. The molecule has 0 bridgehead atoms. The van der Waals surface area contributed by atoms with E-state index in [1.165, 1.54) is 11.4 Å². The summed E-state index contributed by atoms with van der Waals surface area (Å²) in [5, 5.41) is 18.5. The molecule has 204 valence electrons. The Morgan fingerprint density at radius 3 is 2.73 bits per heavy atom. The van der Waals surface area contributed by atoms with Crippen molar-refractivity contribution in [2.24, 2.45) is 5.92 Å². The molecule has 6 rings (SSSR count). The normalized spacial score (nSPS) is 35.5. The fourth-order valence-corrected chi connectivity index (χ4v) is 6.17. The average Bonchev–Trinajstić information content (AvgIpc) is 3.50. The Balaban J connectivity index is 1.18. The third kappa shape index (κ3) is 4.45. The van der Waals surface area contributed by atoms with Gasteiger partial charge in [-0.05, 0) is 32.3 Å². The second kappa shape index (κ2) is 10.0. The van der Waals surface area contributed by atoms with Gasteiger partial charge in [0.2, 0.25) is 12.3 Å². The van der Waals surface area contributed by atoms with Gasteiger partial charge in [0.15, 0.2) is 6.29 Å². The van der Waals surface area contributed by atoms with E-state index < -0.39 is 0 Å². The fourth-order valence-electron chi connectivity index (χ4n) is 6.17. The van der Waals surface area contributed by atoms with Gasteiger partial charge in [0.1, 0.15) is 18.2 Å². The summed E-state index contributed by atoms with van der Waals surface area (Å²) in [6.45, 7) is 12.0. The maximum atomic E-state index is 12.4. The largest absolute Gasteiger partial charge is 0.379 e. The van der Waals surface area contributed by atoms with Crippen LogP contribution < -0.4 is 26.6 Å². The van der Waals surface area contributed by atoms with Crippen LogP contribution in [0.25, 0.3) is 0 Å². The van der Waals surface area contributed by atoms with E-state index in [9.17, 15) is 4.79 Å². The van der Waals surface area contributed by atoms with Crippen molar-refractivity contribution in [2.75, 3.05) is 32.8 Å². The van der Waals surface area contributed by atoms with Gasteiger partial charge in [-0.25, -0.2) is 0 Å². The van der Waals surface area contributed by atoms with Crippen molar-refractivity contribution >= 4 is 5.91 Å². The monoisotopic (exact) mass is 514 g/mol. The van der Waals surface area contributed by atoms with Crippen molar-refractivity contribution in [1.29, 1.82) is 0 Å². The Kier molecular flexibility index (Phi) is 6.72. The van der Waals surface area contributed by atoms with Gasteiger partial charge in [-0.2, -0.15) is 0 Å². The Morgan fingerprint density at radius 1 is 1.19 bits per heavy atom. The maximum Gasteiger partial charge on any atom is 0.225 e. The summed E-state index contributed by atoms with van der Waals surface area (Å²) in [5.74, 6) is 1.16. The highest BCUT2D eigenvalue weighted by molar-refractivity contribution is 5.79. The molecule has 1 amide bonds. The standard InChI is InChI=1S/C26H42N8O3/c1-5-20-27-17-8-6-7-9-18(17)34(20)25-29-22-21(23(31-25)32-10-12-36-13-11-32)28-26(30-22)37-19-14-33(16(19)4)24(35)15(2)3/h7,9,15-16,19-20,23,25-31H,5-6,8,10-14H2,1-4H3. The zero-order chi connectivity index (χ0) is 25.7. The Hall–Kier alpha value is -2.47. The van der Waals surface area contributed by atoms with Crippen molar-refractivity contribution in [3.63, 3.8) is 0 Å². The van der Waals surface area contributed by atoms with E-state index in [0.29, 0.717) is 6.54 Å². The second-order valence-electron chi connectivity index (χ2n) is 11.1. The maximum absolute atomic E-state index is 12.4. The molecule has 2 fully saturated rings. The van der Waals surface area contributed by atoms with Crippen LogP contribution in [0.2, 0.25) is 0 Å². The van der Waals surface area contributed by atoms with Crippen LogP contribution in [0.15, 0.2) is 35.1 Å². The summed E-state index contributed by atoms with van der Waals surface area (Å²) in [4.78, 5) is 19.2. The molecule has 0 radical (unpaired) electrons. The molecule has 6 unspecified atom stereocenters. The quantitative estimate of drug-likeness (QED) is 0.339. The molecular formula is C26H42N8O3. The highest BCUT2D eigenvalue weighted by atomic mass is 16.5. The minimum absolute atomic E-state index is 0.00110. The predicted octanol–water partition coefficient (Wildman–Crippen LogP) is 0.241. The number of allylic oxidation sites excluding steroid dienone is 3. The van der Waals surface area contributed by atoms with E-state index in [2.05, 4.69) is 62.4 Å². The number of ether oxygens (including phenoxy) is 2. The third-order valence-electron chi connectivity index (χ3n) is 8.37. The second-order valence-corrected chi connectivity index (χ2v) is 11.1. The number of hydrogen-bond acceptors (Lipinski definition) is 10. The van der Waals surface area contributed by atoms with Gasteiger partial charge < -0.3 is 40.5 Å². The molecule has 37 heavy (non-hydrogen) atoms. The van der Waals surface area contributed by atoms with Crippen LogP contribution in [0, 0.1) is 5.92 Å². The molecular weight excluding hydrogens is 472 g/mol. The summed E-state index contributed by atoms with van der Waals surface area (Å²) in [5.41, 5.74) is 3.67. The number of carbonyl (C=O) groups is 1. The molecule has 0 spiro atoms. The molecule has 0 saturated carbocycles. The topological polar surface area (TPSA) is 105 Å².